The molecular formula is C48H28N2O2. The smallest absolute Gasteiger partial charge is 0.137 e. The van der Waals surface area contributed by atoms with Gasteiger partial charge in [0.15, 0.2) is 0 Å². The molecule has 0 unspecified atom stereocenters. The van der Waals surface area contributed by atoms with Gasteiger partial charge in [-0.3, -0.25) is 0 Å². The van der Waals surface area contributed by atoms with Crippen LogP contribution in [0.1, 0.15) is 0 Å². The van der Waals surface area contributed by atoms with Crippen molar-refractivity contribution in [3.05, 3.63) is 170 Å². The average Bonchev–Trinajstić information content (AvgIpc) is 3.94. The van der Waals surface area contributed by atoms with Gasteiger partial charge >= 0.3 is 0 Å². The SMILES string of the molecule is c1ccc(-n2c3ccc(-c4cccc5oc6ccc(-n7c8ccccc8c8ccccc87)cc6c45)cc3c3cc4c(cc32)oc2ccccc24)cc1. The number of furan rings is 2. The van der Waals surface area contributed by atoms with E-state index in [0.717, 1.165) is 77.4 Å². The summed E-state index contributed by atoms with van der Waals surface area (Å²) in [6.45, 7) is 0. The van der Waals surface area contributed by atoms with E-state index in [-0.39, 0.29) is 0 Å². The molecule has 12 aromatic rings. The van der Waals surface area contributed by atoms with E-state index in [1.807, 2.05) is 12.1 Å². The van der Waals surface area contributed by atoms with Crippen molar-refractivity contribution in [3.8, 4) is 22.5 Å². The van der Waals surface area contributed by atoms with Crippen LogP contribution in [0.4, 0.5) is 0 Å². The topological polar surface area (TPSA) is 36.1 Å². The number of hydrogen-bond donors (Lipinski definition) is 0. The zero-order chi connectivity index (χ0) is 33.9. The molecule has 242 valence electrons. The zero-order valence-electron chi connectivity index (χ0n) is 27.9. The van der Waals surface area contributed by atoms with Crippen LogP contribution in [0.5, 0.6) is 0 Å². The van der Waals surface area contributed by atoms with Crippen LogP contribution in [0.2, 0.25) is 0 Å². The van der Waals surface area contributed by atoms with Gasteiger partial charge < -0.3 is 18.0 Å². The van der Waals surface area contributed by atoms with E-state index in [1.54, 1.807) is 0 Å². The zero-order valence-corrected chi connectivity index (χ0v) is 27.9. The van der Waals surface area contributed by atoms with Gasteiger partial charge in [0, 0.05) is 60.5 Å². The molecule has 4 aromatic heterocycles. The molecule has 0 amide bonds. The lowest BCUT2D eigenvalue weighted by Gasteiger charge is -2.09. The van der Waals surface area contributed by atoms with Gasteiger partial charge in [0.25, 0.3) is 0 Å². The highest BCUT2D eigenvalue weighted by Crippen LogP contribution is 2.43. The molecule has 0 atom stereocenters. The van der Waals surface area contributed by atoms with Crippen molar-refractivity contribution in [2.75, 3.05) is 0 Å². The van der Waals surface area contributed by atoms with E-state index < -0.39 is 0 Å². The molecule has 0 saturated heterocycles. The molecule has 0 fully saturated rings. The Morgan fingerprint density at radius 2 is 0.942 bits per heavy atom. The van der Waals surface area contributed by atoms with Gasteiger partial charge in [-0.15, -0.1) is 0 Å². The second-order valence-corrected chi connectivity index (χ2v) is 13.7. The van der Waals surface area contributed by atoms with Crippen LogP contribution in [0.15, 0.2) is 179 Å². The molecule has 0 aliphatic rings. The number of para-hydroxylation sites is 4. The van der Waals surface area contributed by atoms with Gasteiger partial charge in [0.05, 0.1) is 22.1 Å². The lowest BCUT2D eigenvalue weighted by molar-refractivity contribution is 0.668. The monoisotopic (exact) mass is 664 g/mol. The van der Waals surface area contributed by atoms with E-state index in [1.165, 1.54) is 32.6 Å². The highest BCUT2D eigenvalue weighted by Gasteiger charge is 2.20. The number of benzene rings is 8. The fourth-order valence-electron chi connectivity index (χ4n) is 8.66. The minimum Gasteiger partial charge on any atom is -0.456 e. The number of nitrogens with zero attached hydrogens (tertiary/aromatic N) is 2. The van der Waals surface area contributed by atoms with Crippen molar-refractivity contribution in [1.82, 2.24) is 9.13 Å². The van der Waals surface area contributed by atoms with E-state index in [0.29, 0.717) is 0 Å². The summed E-state index contributed by atoms with van der Waals surface area (Å²) in [4.78, 5) is 0. The molecule has 52 heavy (non-hydrogen) atoms. The second kappa shape index (κ2) is 10.3. The fraction of sp³-hybridized carbons (Fsp3) is 0. The van der Waals surface area contributed by atoms with Gasteiger partial charge in [-0.25, -0.2) is 0 Å². The normalized spacial score (nSPS) is 12.2. The van der Waals surface area contributed by atoms with Crippen LogP contribution in [0.3, 0.4) is 0 Å². The lowest BCUT2D eigenvalue weighted by Crippen LogP contribution is -1.93. The molecule has 0 aliphatic carbocycles. The Balaban J connectivity index is 1.12. The lowest BCUT2D eigenvalue weighted by atomic mass is 9.97. The molecule has 0 N–H and O–H groups in total. The van der Waals surface area contributed by atoms with E-state index >= 15 is 0 Å². The summed E-state index contributed by atoms with van der Waals surface area (Å²) in [5, 5.41) is 9.36. The number of aromatic nitrogens is 2. The van der Waals surface area contributed by atoms with Crippen molar-refractivity contribution >= 4 is 87.5 Å². The van der Waals surface area contributed by atoms with Crippen molar-refractivity contribution < 1.29 is 8.83 Å². The number of rotatable bonds is 3. The molecule has 0 saturated carbocycles. The molecule has 0 spiro atoms. The first-order chi connectivity index (χ1) is 25.8. The minimum absolute atomic E-state index is 0.878. The largest absolute Gasteiger partial charge is 0.456 e. The Hall–Kier alpha value is -7.04. The Morgan fingerprint density at radius 3 is 1.77 bits per heavy atom. The minimum atomic E-state index is 0.878. The predicted octanol–water partition coefficient (Wildman–Crippen LogP) is 13.3. The first-order valence-electron chi connectivity index (χ1n) is 17.7. The van der Waals surface area contributed by atoms with Crippen LogP contribution in [-0.2, 0) is 0 Å². The summed E-state index contributed by atoms with van der Waals surface area (Å²) in [6.07, 6.45) is 0. The van der Waals surface area contributed by atoms with Crippen molar-refractivity contribution in [3.63, 3.8) is 0 Å². The van der Waals surface area contributed by atoms with Crippen LogP contribution in [0.25, 0.3) is 110 Å². The second-order valence-electron chi connectivity index (χ2n) is 13.7. The molecule has 8 aromatic carbocycles. The molecule has 0 bridgehead atoms. The summed E-state index contributed by atoms with van der Waals surface area (Å²) >= 11 is 0. The van der Waals surface area contributed by atoms with Crippen molar-refractivity contribution in [2.45, 2.75) is 0 Å². The van der Waals surface area contributed by atoms with Crippen molar-refractivity contribution in [1.29, 1.82) is 0 Å². The van der Waals surface area contributed by atoms with E-state index in [4.69, 9.17) is 8.83 Å². The number of hydrogen-bond acceptors (Lipinski definition) is 2. The summed E-state index contributed by atoms with van der Waals surface area (Å²) < 4.78 is 17.6. The van der Waals surface area contributed by atoms with Gasteiger partial charge in [0.1, 0.15) is 22.3 Å². The predicted molar refractivity (Wildman–Crippen MR) is 215 cm³/mol. The first kappa shape index (κ1) is 27.7. The van der Waals surface area contributed by atoms with Gasteiger partial charge in [0.2, 0.25) is 0 Å². The van der Waals surface area contributed by atoms with Crippen LogP contribution in [0, 0.1) is 0 Å². The molecule has 0 aliphatic heterocycles. The first-order valence-corrected chi connectivity index (χ1v) is 17.7. The average molecular weight is 665 g/mol. The highest BCUT2D eigenvalue weighted by atomic mass is 16.3. The quantitative estimate of drug-likeness (QED) is 0.188. The van der Waals surface area contributed by atoms with Gasteiger partial charge in [-0.05, 0) is 83.9 Å². The van der Waals surface area contributed by atoms with Gasteiger partial charge in [-0.2, -0.15) is 0 Å². The third-order valence-electron chi connectivity index (χ3n) is 10.9. The number of fused-ring (bicyclic) bond motifs is 12. The highest BCUT2D eigenvalue weighted by molar-refractivity contribution is 6.19. The van der Waals surface area contributed by atoms with Crippen molar-refractivity contribution in [2.24, 2.45) is 0 Å². The Labute approximate surface area is 296 Å². The molecule has 12 rings (SSSR count). The van der Waals surface area contributed by atoms with Crippen LogP contribution >= 0.6 is 0 Å². The fourth-order valence-corrected chi connectivity index (χ4v) is 8.66. The van der Waals surface area contributed by atoms with E-state index in [9.17, 15) is 0 Å². The Kier molecular flexibility index (Phi) is 5.47. The Morgan fingerprint density at radius 1 is 0.308 bits per heavy atom. The molecule has 4 heteroatoms. The summed E-state index contributed by atoms with van der Waals surface area (Å²) in [5.41, 5.74) is 12.7. The molecule has 4 nitrogen and oxygen atoms in total. The van der Waals surface area contributed by atoms with Crippen LogP contribution < -0.4 is 0 Å². The molecule has 0 radical (unpaired) electrons. The summed E-state index contributed by atoms with van der Waals surface area (Å²) in [6, 6.07) is 60.6. The third kappa shape index (κ3) is 3.75. The summed E-state index contributed by atoms with van der Waals surface area (Å²) in [7, 11) is 0. The molecular weight excluding hydrogens is 637 g/mol. The Bertz CT molecular complexity index is 3360. The molecule has 4 heterocycles. The van der Waals surface area contributed by atoms with Gasteiger partial charge in [-0.1, -0.05) is 91.0 Å². The maximum absolute atomic E-state index is 6.54. The standard InChI is InChI=1S/C48H28N2O2/c1-2-11-30(12-3-1)49-42-23-21-29(25-36(42)37-27-38-35-15-6-9-19-44(35)52-47(38)28-43(37)49)32-16-10-20-46-48(32)39-26-31(22-24-45(39)51-46)50-40-17-7-4-13-33(40)34-14-5-8-18-41(34)50/h1-28H. The van der Waals surface area contributed by atoms with E-state index in [2.05, 4.69) is 167 Å². The maximum Gasteiger partial charge on any atom is 0.137 e. The van der Waals surface area contributed by atoms with Crippen LogP contribution in [-0.4, -0.2) is 9.13 Å². The maximum atomic E-state index is 6.54. The third-order valence-corrected chi connectivity index (χ3v) is 10.9. The summed E-state index contributed by atoms with van der Waals surface area (Å²) in [5.74, 6) is 0.